The molecule has 2 N–H and O–H groups in total. The van der Waals surface area contributed by atoms with Crippen LogP contribution in [0.5, 0.6) is 0 Å². The molecule has 0 spiro atoms. The Morgan fingerprint density at radius 3 is 2.34 bits per heavy atom. The molecular formula is C24H26N2O6. The van der Waals surface area contributed by atoms with Gasteiger partial charge in [-0.1, -0.05) is 55.5 Å². The molecule has 1 aliphatic carbocycles. The van der Waals surface area contributed by atoms with Crippen molar-refractivity contribution in [3.8, 4) is 11.1 Å². The number of morpholine rings is 1. The topological polar surface area (TPSA) is 105 Å². The molecule has 2 aromatic rings. The fourth-order valence-electron chi connectivity index (χ4n) is 4.39. The number of alkyl carbamates (subject to hydrolysis) is 1. The van der Waals surface area contributed by atoms with Gasteiger partial charge >= 0.3 is 12.1 Å². The first-order valence-electron chi connectivity index (χ1n) is 10.7. The van der Waals surface area contributed by atoms with Crippen LogP contribution in [0.2, 0.25) is 0 Å². The molecule has 1 fully saturated rings. The van der Waals surface area contributed by atoms with E-state index in [2.05, 4.69) is 17.4 Å². The number of benzene rings is 2. The third-order valence-corrected chi connectivity index (χ3v) is 6.04. The minimum atomic E-state index is -1.13. The van der Waals surface area contributed by atoms with Gasteiger partial charge in [-0.05, 0) is 28.7 Å². The van der Waals surface area contributed by atoms with Gasteiger partial charge in [-0.15, -0.1) is 0 Å². The van der Waals surface area contributed by atoms with Gasteiger partial charge in [0.1, 0.15) is 12.6 Å². The van der Waals surface area contributed by atoms with Crippen LogP contribution in [-0.2, 0) is 19.1 Å². The minimum absolute atomic E-state index is 0.0670. The maximum Gasteiger partial charge on any atom is 0.407 e. The molecule has 0 saturated carbocycles. The van der Waals surface area contributed by atoms with E-state index in [1.165, 1.54) is 4.90 Å². The molecule has 1 saturated heterocycles. The van der Waals surface area contributed by atoms with Crippen molar-refractivity contribution in [2.75, 3.05) is 26.4 Å². The number of rotatable bonds is 6. The Balaban J connectivity index is 1.41. The van der Waals surface area contributed by atoms with Crippen molar-refractivity contribution in [3.63, 3.8) is 0 Å². The van der Waals surface area contributed by atoms with E-state index in [0.717, 1.165) is 22.3 Å². The van der Waals surface area contributed by atoms with Gasteiger partial charge < -0.3 is 24.8 Å². The molecule has 0 aromatic heterocycles. The van der Waals surface area contributed by atoms with E-state index in [9.17, 15) is 19.5 Å². The van der Waals surface area contributed by atoms with Crippen LogP contribution in [-0.4, -0.2) is 66.4 Å². The number of nitrogens with one attached hydrogen (secondary N) is 1. The summed E-state index contributed by atoms with van der Waals surface area (Å²) in [6, 6.07) is 14.1. The lowest BCUT2D eigenvalue weighted by molar-refractivity contribution is -0.159. The maximum atomic E-state index is 12.9. The van der Waals surface area contributed by atoms with E-state index >= 15 is 0 Å². The average molecular weight is 438 g/mol. The summed E-state index contributed by atoms with van der Waals surface area (Å²) in [6.07, 6.45) is -0.389. The number of aliphatic carboxylic acids is 1. The van der Waals surface area contributed by atoms with Gasteiger partial charge in [-0.2, -0.15) is 0 Å². The van der Waals surface area contributed by atoms with Gasteiger partial charge in [-0.3, -0.25) is 4.79 Å². The van der Waals surface area contributed by atoms with Crippen molar-refractivity contribution in [3.05, 3.63) is 59.7 Å². The summed E-state index contributed by atoms with van der Waals surface area (Å²) in [5.74, 6) is -1.66. The van der Waals surface area contributed by atoms with Crippen LogP contribution in [0.25, 0.3) is 11.1 Å². The molecule has 2 aliphatic rings. The smallest absolute Gasteiger partial charge is 0.407 e. The molecule has 8 nitrogen and oxygen atoms in total. The lowest BCUT2D eigenvalue weighted by Gasteiger charge is -2.35. The van der Waals surface area contributed by atoms with Crippen molar-refractivity contribution in [2.24, 2.45) is 0 Å². The maximum absolute atomic E-state index is 12.9. The summed E-state index contributed by atoms with van der Waals surface area (Å²) in [5, 5.41) is 12.0. The predicted molar refractivity (Wildman–Crippen MR) is 116 cm³/mol. The highest BCUT2D eigenvalue weighted by Gasteiger charge is 2.36. The number of ether oxygens (including phenoxy) is 2. The molecule has 0 radical (unpaired) electrons. The number of nitrogens with zero attached hydrogens (tertiary/aromatic N) is 1. The van der Waals surface area contributed by atoms with E-state index in [1.807, 2.05) is 36.4 Å². The van der Waals surface area contributed by atoms with Crippen molar-refractivity contribution in [1.82, 2.24) is 10.2 Å². The number of amides is 2. The number of carbonyl (C=O) groups excluding carboxylic acids is 2. The number of carboxylic acids is 1. The first-order chi connectivity index (χ1) is 15.5. The quantitative estimate of drug-likeness (QED) is 0.718. The number of hydrogen-bond donors (Lipinski definition) is 2. The van der Waals surface area contributed by atoms with Gasteiger partial charge in [0.15, 0.2) is 6.04 Å². The van der Waals surface area contributed by atoms with Crippen molar-refractivity contribution in [1.29, 1.82) is 0 Å². The summed E-state index contributed by atoms with van der Waals surface area (Å²) in [6.45, 7) is 2.25. The number of hydrogen-bond acceptors (Lipinski definition) is 5. The van der Waals surface area contributed by atoms with Crippen LogP contribution in [0.4, 0.5) is 4.79 Å². The van der Waals surface area contributed by atoms with Gasteiger partial charge in [-0.25, -0.2) is 9.59 Å². The van der Waals surface area contributed by atoms with E-state index in [-0.39, 0.29) is 32.3 Å². The Kier molecular flexibility index (Phi) is 6.41. The van der Waals surface area contributed by atoms with Crippen molar-refractivity contribution >= 4 is 18.0 Å². The zero-order chi connectivity index (χ0) is 22.7. The molecule has 2 amide bonds. The zero-order valence-electron chi connectivity index (χ0n) is 17.8. The molecule has 4 rings (SSSR count). The Hall–Kier alpha value is -3.39. The largest absolute Gasteiger partial charge is 0.480 e. The second-order valence-corrected chi connectivity index (χ2v) is 7.89. The fraction of sp³-hybridized carbons (Fsp3) is 0.375. The van der Waals surface area contributed by atoms with Crippen LogP contribution >= 0.6 is 0 Å². The Morgan fingerprint density at radius 1 is 1.12 bits per heavy atom. The van der Waals surface area contributed by atoms with Gasteiger partial charge in [0.2, 0.25) is 5.91 Å². The number of carboxylic acid groups (broad SMARTS) is 1. The van der Waals surface area contributed by atoms with E-state index in [0.29, 0.717) is 6.42 Å². The Bertz CT molecular complexity index is 978. The molecule has 32 heavy (non-hydrogen) atoms. The van der Waals surface area contributed by atoms with Gasteiger partial charge in [0.05, 0.1) is 13.2 Å². The lowest BCUT2D eigenvalue weighted by atomic mass is 9.98. The van der Waals surface area contributed by atoms with Gasteiger partial charge in [0.25, 0.3) is 0 Å². The first-order valence-corrected chi connectivity index (χ1v) is 10.7. The molecule has 2 unspecified atom stereocenters. The number of carbonyl (C=O) groups is 3. The third kappa shape index (κ3) is 4.18. The molecule has 1 heterocycles. The van der Waals surface area contributed by atoms with Gasteiger partial charge in [0, 0.05) is 12.5 Å². The Morgan fingerprint density at radius 2 is 1.75 bits per heavy atom. The standard InChI is InChI=1S/C24H26N2O6/c1-2-20(22(27)26-11-12-31-14-21(26)23(28)29)25-24(30)32-13-19-17-9-5-3-7-15(17)16-8-4-6-10-18(16)19/h3-10,19-21H,2,11-14H2,1H3,(H,25,30)(H,28,29). The highest BCUT2D eigenvalue weighted by Crippen LogP contribution is 2.44. The van der Waals surface area contributed by atoms with Crippen LogP contribution in [0.1, 0.15) is 30.4 Å². The van der Waals surface area contributed by atoms with Crippen molar-refractivity contribution in [2.45, 2.75) is 31.3 Å². The molecule has 0 bridgehead atoms. The molecule has 2 atom stereocenters. The lowest BCUT2D eigenvalue weighted by Crippen LogP contribution is -2.58. The second kappa shape index (κ2) is 9.40. The average Bonchev–Trinajstić information content (AvgIpc) is 3.14. The second-order valence-electron chi connectivity index (χ2n) is 7.89. The van der Waals surface area contributed by atoms with E-state index in [1.54, 1.807) is 6.92 Å². The highest BCUT2D eigenvalue weighted by atomic mass is 16.5. The zero-order valence-corrected chi connectivity index (χ0v) is 17.8. The minimum Gasteiger partial charge on any atom is -0.480 e. The summed E-state index contributed by atoms with van der Waals surface area (Å²) in [7, 11) is 0. The first kappa shape index (κ1) is 21.8. The molecule has 2 aromatic carbocycles. The summed E-state index contributed by atoms with van der Waals surface area (Å²) in [5.41, 5.74) is 4.46. The fourth-order valence-corrected chi connectivity index (χ4v) is 4.39. The molecule has 1 aliphatic heterocycles. The predicted octanol–water partition coefficient (Wildman–Crippen LogP) is 2.62. The van der Waals surface area contributed by atoms with Crippen molar-refractivity contribution < 1.29 is 29.0 Å². The van der Waals surface area contributed by atoms with E-state index < -0.39 is 30.1 Å². The SMILES string of the molecule is CCC(NC(=O)OCC1c2ccccc2-c2ccccc21)C(=O)N1CCOCC1C(=O)O. The van der Waals surface area contributed by atoms with Crippen LogP contribution < -0.4 is 5.32 Å². The van der Waals surface area contributed by atoms with E-state index in [4.69, 9.17) is 9.47 Å². The summed E-state index contributed by atoms with van der Waals surface area (Å²) in [4.78, 5) is 38.2. The normalized spacial score (nSPS) is 18.4. The highest BCUT2D eigenvalue weighted by molar-refractivity contribution is 5.89. The molecular weight excluding hydrogens is 412 g/mol. The Labute approximate surface area is 186 Å². The number of fused-ring (bicyclic) bond motifs is 3. The molecule has 168 valence electrons. The summed E-state index contributed by atoms with van der Waals surface area (Å²) >= 11 is 0. The van der Waals surface area contributed by atoms with Crippen LogP contribution in [0.15, 0.2) is 48.5 Å². The third-order valence-electron chi connectivity index (χ3n) is 6.04. The van der Waals surface area contributed by atoms with Crippen LogP contribution in [0.3, 0.4) is 0 Å². The monoisotopic (exact) mass is 438 g/mol. The summed E-state index contributed by atoms with van der Waals surface area (Å²) < 4.78 is 10.7. The van der Waals surface area contributed by atoms with Crippen LogP contribution in [0, 0.1) is 0 Å². The molecule has 8 heteroatoms.